The molecule has 1 atom stereocenters. The van der Waals surface area contributed by atoms with Gasteiger partial charge in [0.1, 0.15) is 0 Å². The van der Waals surface area contributed by atoms with E-state index in [1.807, 2.05) is 29.2 Å². The summed E-state index contributed by atoms with van der Waals surface area (Å²) in [6, 6.07) is 8.70. The number of H-pyrrole nitrogens is 1. The lowest BCUT2D eigenvalue weighted by atomic mass is 10.1. The maximum atomic E-state index is 12.2. The number of nitrogens with one attached hydrogen (secondary N) is 2. The fraction of sp³-hybridized carbons (Fsp3) is 0.400. The number of anilines is 1. The van der Waals surface area contributed by atoms with Gasteiger partial charge in [-0.15, -0.1) is 0 Å². The van der Waals surface area contributed by atoms with Crippen LogP contribution in [0.3, 0.4) is 0 Å². The van der Waals surface area contributed by atoms with Gasteiger partial charge in [-0.2, -0.15) is 5.10 Å². The molecule has 1 aliphatic carbocycles. The van der Waals surface area contributed by atoms with Crippen LogP contribution in [0.2, 0.25) is 0 Å². The highest BCUT2D eigenvalue weighted by Crippen LogP contribution is 2.39. The van der Waals surface area contributed by atoms with E-state index < -0.39 is 0 Å². The largest absolute Gasteiger partial charge is 0.361 e. The average molecular weight is 336 g/mol. The van der Waals surface area contributed by atoms with Crippen molar-refractivity contribution in [1.82, 2.24) is 14.8 Å². The molecule has 0 bridgehead atoms. The molecule has 1 amide bonds. The molecule has 1 saturated carbocycles. The van der Waals surface area contributed by atoms with Crippen LogP contribution in [0.5, 0.6) is 0 Å². The number of hydrogen-bond acceptors (Lipinski definition) is 2. The molecule has 2 heterocycles. The third-order valence-corrected chi connectivity index (χ3v) is 5.13. The Hall–Kier alpha value is -2.56. The summed E-state index contributed by atoms with van der Waals surface area (Å²) < 4.78 is 1.97. The molecule has 1 fully saturated rings. The lowest BCUT2D eigenvalue weighted by Crippen LogP contribution is -2.11. The lowest BCUT2D eigenvalue weighted by Gasteiger charge is -2.09. The Morgan fingerprint density at radius 2 is 2.24 bits per heavy atom. The first kappa shape index (κ1) is 15.9. The maximum Gasteiger partial charge on any atom is 0.224 e. The number of aromatic nitrogens is 3. The topological polar surface area (TPSA) is 62.7 Å². The van der Waals surface area contributed by atoms with Crippen LogP contribution >= 0.6 is 0 Å². The van der Waals surface area contributed by atoms with Crippen LogP contribution in [-0.4, -0.2) is 20.7 Å². The standard InChI is InChI=1S/C20H24N4O/c1-14(15-9-10-15)24-13-17(12-22-24)23-20(25)8-4-5-16-11-21-19-7-3-2-6-18(16)19/h2-3,6-7,11-15,21H,4-5,8-10H2,1H3,(H,23,25). The van der Waals surface area contributed by atoms with Crippen molar-refractivity contribution in [3.05, 3.63) is 48.4 Å². The van der Waals surface area contributed by atoms with Crippen LogP contribution in [0, 0.1) is 5.92 Å². The molecule has 0 radical (unpaired) electrons. The van der Waals surface area contributed by atoms with Crippen molar-refractivity contribution in [3.63, 3.8) is 0 Å². The lowest BCUT2D eigenvalue weighted by molar-refractivity contribution is -0.116. The summed E-state index contributed by atoms with van der Waals surface area (Å²) >= 11 is 0. The first-order valence-electron chi connectivity index (χ1n) is 9.10. The van der Waals surface area contributed by atoms with Gasteiger partial charge < -0.3 is 10.3 Å². The smallest absolute Gasteiger partial charge is 0.224 e. The van der Waals surface area contributed by atoms with Crippen molar-refractivity contribution in [2.24, 2.45) is 5.92 Å². The van der Waals surface area contributed by atoms with Crippen molar-refractivity contribution >= 4 is 22.5 Å². The van der Waals surface area contributed by atoms with Gasteiger partial charge in [-0.05, 0) is 50.2 Å². The van der Waals surface area contributed by atoms with Gasteiger partial charge >= 0.3 is 0 Å². The first-order valence-corrected chi connectivity index (χ1v) is 9.10. The molecule has 4 rings (SSSR count). The molecule has 130 valence electrons. The second-order valence-electron chi connectivity index (χ2n) is 7.05. The molecule has 3 aromatic rings. The quantitative estimate of drug-likeness (QED) is 0.676. The molecule has 0 saturated heterocycles. The Labute approximate surface area is 147 Å². The molecule has 1 aromatic carbocycles. The van der Waals surface area contributed by atoms with E-state index in [-0.39, 0.29) is 5.91 Å². The van der Waals surface area contributed by atoms with Gasteiger partial charge in [-0.3, -0.25) is 9.48 Å². The summed E-state index contributed by atoms with van der Waals surface area (Å²) in [4.78, 5) is 15.5. The number of carbonyl (C=O) groups excluding carboxylic acids is 1. The summed E-state index contributed by atoms with van der Waals surface area (Å²) in [5.41, 5.74) is 3.22. The Kier molecular flexibility index (Phi) is 4.30. The van der Waals surface area contributed by atoms with Crippen LogP contribution < -0.4 is 5.32 Å². The predicted molar refractivity (Wildman–Crippen MR) is 99.5 cm³/mol. The zero-order valence-corrected chi connectivity index (χ0v) is 14.5. The van der Waals surface area contributed by atoms with Crippen molar-refractivity contribution in [3.8, 4) is 0 Å². The van der Waals surface area contributed by atoms with Gasteiger partial charge in [0, 0.05) is 29.7 Å². The molecule has 5 nitrogen and oxygen atoms in total. The van der Waals surface area contributed by atoms with E-state index in [4.69, 9.17) is 0 Å². The summed E-state index contributed by atoms with van der Waals surface area (Å²) in [6.07, 6.45) is 10.6. The molecular formula is C20H24N4O. The van der Waals surface area contributed by atoms with E-state index in [9.17, 15) is 4.79 Å². The van der Waals surface area contributed by atoms with Gasteiger partial charge in [-0.25, -0.2) is 0 Å². The van der Waals surface area contributed by atoms with Crippen molar-refractivity contribution in [2.75, 3.05) is 5.32 Å². The normalized spacial score (nSPS) is 15.4. The van der Waals surface area contributed by atoms with Gasteiger partial charge in [0.2, 0.25) is 5.91 Å². The highest BCUT2D eigenvalue weighted by atomic mass is 16.1. The molecule has 2 aromatic heterocycles. The number of hydrogen-bond donors (Lipinski definition) is 2. The molecule has 2 N–H and O–H groups in total. The average Bonchev–Trinajstić information content (AvgIpc) is 3.24. The number of amides is 1. The Morgan fingerprint density at radius 1 is 1.40 bits per heavy atom. The first-order chi connectivity index (χ1) is 12.2. The monoisotopic (exact) mass is 336 g/mol. The van der Waals surface area contributed by atoms with E-state index in [1.54, 1.807) is 6.20 Å². The van der Waals surface area contributed by atoms with Crippen LogP contribution in [-0.2, 0) is 11.2 Å². The number of aryl methyl sites for hydroxylation is 1. The van der Waals surface area contributed by atoms with Crippen LogP contribution in [0.15, 0.2) is 42.9 Å². The molecule has 1 unspecified atom stereocenters. The highest BCUT2D eigenvalue weighted by molar-refractivity contribution is 5.90. The fourth-order valence-electron chi connectivity index (χ4n) is 3.42. The maximum absolute atomic E-state index is 12.2. The van der Waals surface area contributed by atoms with Gasteiger partial charge in [0.25, 0.3) is 0 Å². The fourth-order valence-corrected chi connectivity index (χ4v) is 3.42. The summed E-state index contributed by atoms with van der Waals surface area (Å²) in [5, 5.41) is 8.60. The number of fused-ring (bicyclic) bond motifs is 1. The second kappa shape index (κ2) is 6.75. The summed E-state index contributed by atoms with van der Waals surface area (Å²) in [7, 11) is 0. The van der Waals surface area contributed by atoms with E-state index in [0.717, 1.165) is 30.0 Å². The number of carbonyl (C=O) groups is 1. The van der Waals surface area contributed by atoms with E-state index in [2.05, 4.69) is 34.5 Å². The van der Waals surface area contributed by atoms with Gasteiger partial charge in [-0.1, -0.05) is 18.2 Å². The van der Waals surface area contributed by atoms with Crippen LogP contribution in [0.4, 0.5) is 5.69 Å². The van der Waals surface area contributed by atoms with Crippen LogP contribution in [0.1, 0.15) is 44.2 Å². The Bertz CT molecular complexity index is 875. The molecule has 1 aliphatic rings. The molecule has 0 aliphatic heterocycles. The number of nitrogens with zero attached hydrogens (tertiary/aromatic N) is 2. The van der Waals surface area contributed by atoms with Crippen molar-refractivity contribution in [1.29, 1.82) is 0 Å². The molecule has 0 spiro atoms. The van der Waals surface area contributed by atoms with Gasteiger partial charge in [0.15, 0.2) is 0 Å². The SMILES string of the molecule is CC(C1CC1)n1cc(NC(=O)CCCc2c[nH]c3ccccc23)cn1. The van der Waals surface area contributed by atoms with Crippen molar-refractivity contribution < 1.29 is 4.79 Å². The van der Waals surface area contributed by atoms with E-state index in [0.29, 0.717) is 12.5 Å². The van der Waals surface area contributed by atoms with Crippen LogP contribution in [0.25, 0.3) is 10.9 Å². The molecule has 5 heteroatoms. The minimum Gasteiger partial charge on any atom is -0.361 e. The minimum absolute atomic E-state index is 0.0541. The zero-order valence-electron chi connectivity index (χ0n) is 14.5. The van der Waals surface area contributed by atoms with E-state index in [1.165, 1.54) is 23.8 Å². The Balaban J connectivity index is 1.28. The van der Waals surface area contributed by atoms with E-state index >= 15 is 0 Å². The summed E-state index contributed by atoms with van der Waals surface area (Å²) in [6.45, 7) is 2.19. The van der Waals surface area contributed by atoms with Crippen molar-refractivity contribution in [2.45, 2.75) is 45.1 Å². The third-order valence-electron chi connectivity index (χ3n) is 5.13. The summed E-state index contributed by atoms with van der Waals surface area (Å²) in [5.74, 6) is 0.804. The number of rotatable bonds is 7. The molecular weight excluding hydrogens is 312 g/mol. The number of para-hydroxylation sites is 1. The highest BCUT2D eigenvalue weighted by Gasteiger charge is 2.29. The predicted octanol–water partition coefficient (Wildman–Crippen LogP) is 4.30. The molecule has 25 heavy (non-hydrogen) atoms. The Morgan fingerprint density at radius 3 is 3.08 bits per heavy atom. The third kappa shape index (κ3) is 3.60. The zero-order chi connectivity index (χ0) is 17.2. The second-order valence-corrected chi connectivity index (χ2v) is 7.05. The van der Waals surface area contributed by atoms with Gasteiger partial charge in [0.05, 0.1) is 17.9 Å². The number of aromatic amines is 1. The number of benzene rings is 1. The minimum atomic E-state index is 0.0541.